The molecule has 8 nitrogen and oxygen atoms in total. The first-order valence-electron chi connectivity index (χ1n) is 10.4. The van der Waals surface area contributed by atoms with Crippen LogP contribution in [0.15, 0.2) is 35.6 Å². The van der Waals surface area contributed by atoms with Crippen molar-refractivity contribution in [1.82, 2.24) is 20.0 Å². The van der Waals surface area contributed by atoms with Crippen molar-refractivity contribution in [1.29, 1.82) is 0 Å². The van der Waals surface area contributed by atoms with E-state index in [2.05, 4.69) is 46.3 Å². The normalized spacial score (nSPS) is 19.0. The summed E-state index contributed by atoms with van der Waals surface area (Å²) in [6.07, 6.45) is 3.88. The van der Waals surface area contributed by atoms with E-state index in [4.69, 9.17) is 14.2 Å². The fourth-order valence-corrected chi connectivity index (χ4v) is 3.85. The molecule has 3 heterocycles. The number of ether oxygens (including phenoxy) is 3. The van der Waals surface area contributed by atoms with Gasteiger partial charge in [0, 0.05) is 44.4 Å². The fraction of sp³-hybridized carbons (Fsp3) is 0.545. The lowest BCUT2D eigenvalue weighted by molar-refractivity contribution is -0.00808. The number of rotatable bonds is 4. The van der Waals surface area contributed by atoms with Gasteiger partial charge in [0.15, 0.2) is 17.5 Å². The summed E-state index contributed by atoms with van der Waals surface area (Å²) in [5.41, 5.74) is 2.18. The molecule has 1 unspecified atom stereocenters. The third kappa shape index (κ3) is 5.43. The summed E-state index contributed by atoms with van der Waals surface area (Å²) in [6.45, 7) is 8.59. The molecule has 1 aromatic heterocycles. The maximum Gasteiger partial charge on any atom is 0.193 e. The average molecular weight is 541 g/mol. The van der Waals surface area contributed by atoms with E-state index in [1.807, 2.05) is 32.6 Å². The van der Waals surface area contributed by atoms with Crippen molar-refractivity contribution in [2.24, 2.45) is 12.0 Å². The van der Waals surface area contributed by atoms with Crippen LogP contribution in [0.2, 0.25) is 0 Å². The number of benzene rings is 1. The zero-order valence-electron chi connectivity index (χ0n) is 18.6. The number of hydrogen-bond donors (Lipinski definition) is 1. The van der Waals surface area contributed by atoms with Crippen LogP contribution in [-0.4, -0.2) is 67.1 Å². The van der Waals surface area contributed by atoms with Crippen LogP contribution in [0.5, 0.6) is 11.5 Å². The van der Waals surface area contributed by atoms with Gasteiger partial charge in [0.2, 0.25) is 0 Å². The Hall–Kier alpha value is -2.01. The summed E-state index contributed by atoms with van der Waals surface area (Å²) >= 11 is 0. The largest absolute Gasteiger partial charge is 0.486 e. The molecule has 1 saturated heterocycles. The zero-order valence-corrected chi connectivity index (χ0v) is 21.0. The molecule has 0 aliphatic carbocycles. The lowest BCUT2D eigenvalue weighted by atomic mass is 9.84. The lowest BCUT2D eigenvalue weighted by Crippen LogP contribution is -2.50. The molecular weight excluding hydrogens is 509 g/mol. The number of aryl methyl sites for hydroxylation is 1. The molecule has 0 radical (unpaired) electrons. The van der Waals surface area contributed by atoms with Crippen LogP contribution < -0.4 is 14.8 Å². The summed E-state index contributed by atoms with van der Waals surface area (Å²) in [7, 11) is 3.75. The van der Waals surface area contributed by atoms with E-state index in [0.29, 0.717) is 19.8 Å². The fourth-order valence-electron chi connectivity index (χ4n) is 3.85. The lowest BCUT2D eigenvalue weighted by Gasteiger charge is -2.36. The number of aliphatic imine (C=N–C) groups is 1. The summed E-state index contributed by atoms with van der Waals surface area (Å²) in [5.74, 6) is 2.53. The Morgan fingerprint density at radius 2 is 2.00 bits per heavy atom. The SMILES string of the molecule is CN=C(NCC(C)(C)c1ccc2c(c1)OCCO2)N1CCOC(c2cnn(C)c2)C1.I. The molecule has 9 heteroatoms. The average Bonchev–Trinajstić information content (AvgIpc) is 3.20. The van der Waals surface area contributed by atoms with Crippen molar-refractivity contribution in [2.75, 3.05) is 46.5 Å². The van der Waals surface area contributed by atoms with E-state index in [-0.39, 0.29) is 35.5 Å². The van der Waals surface area contributed by atoms with Gasteiger partial charge in [0.05, 0.1) is 19.3 Å². The second-order valence-electron chi connectivity index (χ2n) is 8.40. The predicted molar refractivity (Wildman–Crippen MR) is 131 cm³/mol. The van der Waals surface area contributed by atoms with Gasteiger partial charge in [-0.3, -0.25) is 9.67 Å². The Kier molecular flexibility index (Phi) is 7.68. The highest BCUT2D eigenvalue weighted by Crippen LogP contribution is 2.35. The third-order valence-corrected chi connectivity index (χ3v) is 5.69. The molecule has 2 aliphatic rings. The predicted octanol–water partition coefficient (Wildman–Crippen LogP) is 2.74. The third-order valence-electron chi connectivity index (χ3n) is 5.69. The van der Waals surface area contributed by atoms with Crippen LogP contribution in [0.1, 0.15) is 31.1 Å². The van der Waals surface area contributed by atoms with E-state index in [9.17, 15) is 0 Å². The molecule has 0 saturated carbocycles. The molecular formula is C22H32IN5O3. The molecule has 1 fully saturated rings. The molecule has 31 heavy (non-hydrogen) atoms. The number of morpholine rings is 1. The van der Waals surface area contributed by atoms with E-state index < -0.39 is 0 Å². The molecule has 1 aromatic carbocycles. The first kappa shape index (κ1) is 23.6. The smallest absolute Gasteiger partial charge is 0.193 e. The van der Waals surface area contributed by atoms with E-state index in [0.717, 1.165) is 42.7 Å². The van der Waals surface area contributed by atoms with Gasteiger partial charge < -0.3 is 24.4 Å². The maximum absolute atomic E-state index is 5.97. The summed E-state index contributed by atoms with van der Waals surface area (Å²) in [5, 5.41) is 7.83. The quantitative estimate of drug-likeness (QED) is 0.365. The number of hydrogen-bond acceptors (Lipinski definition) is 5. The second kappa shape index (κ2) is 10.1. The maximum atomic E-state index is 5.97. The van der Waals surface area contributed by atoms with E-state index in [1.165, 1.54) is 5.56 Å². The van der Waals surface area contributed by atoms with Gasteiger partial charge in [-0.1, -0.05) is 19.9 Å². The van der Waals surface area contributed by atoms with Crippen LogP contribution in [0.25, 0.3) is 0 Å². The van der Waals surface area contributed by atoms with Crippen LogP contribution in [-0.2, 0) is 17.2 Å². The minimum Gasteiger partial charge on any atom is -0.486 e. The van der Waals surface area contributed by atoms with Crippen molar-refractivity contribution in [3.8, 4) is 11.5 Å². The van der Waals surface area contributed by atoms with Crippen molar-refractivity contribution in [2.45, 2.75) is 25.4 Å². The number of aromatic nitrogens is 2. The Bertz CT molecular complexity index is 914. The molecule has 2 aliphatic heterocycles. The highest BCUT2D eigenvalue weighted by Gasteiger charge is 2.28. The summed E-state index contributed by atoms with van der Waals surface area (Å²) < 4.78 is 19.2. The standard InChI is InChI=1S/C22H31N5O3.HI/c1-22(2,17-5-6-18-19(11-17)30-10-9-29-18)15-24-21(23-3)27-7-8-28-20(14-27)16-12-25-26(4)13-16;/h5-6,11-13,20H,7-10,14-15H2,1-4H3,(H,23,24);1H. The zero-order chi connectivity index (χ0) is 21.1. The molecule has 0 amide bonds. The van der Waals surface area contributed by atoms with Crippen molar-refractivity contribution >= 4 is 29.9 Å². The van der Waals surface area contributed by atoms with Gasteiger partial charge in [0.25, 0.3) is 0 Å². The van der Waals surface area contributed by atoms with Gasteiger partial charge in [-0.15, -0.1) is 24.0 Å². The molecule has 1 N–H and O–H groups in total. The minimum absolute atomic E-state index is 0. The first-order valence-corrected chi connectivity index (χ1v) is 10.4. The molecule has 170 valence electrons. The van der Waals surface area contributed by atoms with Gasteiger partial charge in [0.1, 0.15) is 19.3 Å². The topological polar surface area (TPSA) is 73.1 Å². The molecule has 2 aromatic rings. The summed E-state index contributed by atoms with van der Waals surface area (Å²) in [6, 6.07) is 6.21. The van der Waals surface area contributed by atoms with Gasteiger partial charge >= 0.3 is 0 Å². The van der Waals surface area contributed by atoms with E-state index >= 15 is 0 Å². The van der Waals surface area contributed by atoms with Crippen LogP contribution in [0, 0.1) is 0 Å². The first-order chi connectivity index (χ1) is 14.5. The highest BCUT2D eigenvalue weighted by molar-refractivity contribution is 14.0. The molecule has 0 spiro atoms. The van der Waals surface area contributed by atoms with Gasteiger partial charge in [-0.05, 0) is 17.7 Å². The van der Waals surface area contributed by atoms with E-state index in [1.54, 1.807) is 4.68 Å². The molecule has 1 atom stereocenters. The van der Waals surface area contributed by atoms with Gasteiger partial charge in [-0.2, -0.15) is 5.10 Å². The number of guanidine groups is 1. The number of halogens is 1. The summed E-state index contributed by atoms with van der Waals surface area (Å²) in [4.78, 5) is 6.77. The Balaban J connectivity index is 0.00000272. The number of fused-ring (bicyclic) bond motifs is 1. The van der Waals surface area contributed by atoms with Crippen LogP contribution in [0.4, 0.5) is 0 Å². The van der Waals surface area contributed by atoms with Crippen molar-refractivity contribution in [3.63, 3.8) is 0 Å². The highest BCUT2D eigenvalue weighted by atomic mass is 127. The Labute approximate surface area is 201 Å². The molecule has 0 bridgehead atoms. The van der Waals surface area contributed by atoms with Crippen LogP contribution >= 0.6 is 24.0 Å². The Morgan fingerprint density at radius 1 is 1.23 bits per heavy atom. The van der Waals surface area contributed by atoms with Crippen molar-refractivity contribution < 1.29 is 14.2 Å². The minimum atomic E-state index is -0.110. The van der Waals surface area contributed by atoms with Crippen molar-refractivity contribution in [3.05, 3.63) is 41.7 Å². The Morgan fingerprint density at radius 3 is 2.71 bits per heavy atom. The van der Waals surface area contributed by atoms with Gasteiger partial charge in [-0.25, -0.2) is 0 Å². The molecule has 4 rings (SSSR count). The number of nitrogens with zero attached hydrogens (tertiary/aromatic N) is 4. The second-order valence-corrected chi connectivity index (χ2v) is 8.40. The monoisotopic (exact) mass is 541 g/mol. The van der Waals surface area contributed by atoms with Crippen LogP contribution in [0.3, 0.4) is 0 Å². The number of nitrogens with one attached hydrogen (secondary N) is 1.